The molecule has 0 radical (unpaired) electrons. The van der Waals surface area contributed by atoms with Gasteiger partial charge in [0.2, 0.25) is 0 Å². The topological polar surface area (TPSA) is 70.2 Å². The van der Waals surface area contributed by atoms with Crippen LogP contribution in [0.15, 0.2) is 108 Å². The van der Waals surface area contributed by atoms with E-state index < -0.39 is 0 Å². The van der Waals surface area contributed by atoms with Gasteiger partial charge >= 0.3 is 0 Å². The van der Waals surface area contributed by atoms with Crippen molar-refractivity contribution in [2.75, 3.05) is 16.0 Å². The lowest BCUT2D eigenvalue weighted by atomic mass is 10.1. The molecular formula is C26H20BrN3O2. The number of amides is 2. The predicted octanol–water partition coefficient (Wildman–Crippen LogP) is 6.70. The molecule has 5 nitrogen and oxygen atoms in total. The number of benzene rings is 4. The summed E-state index contributed by atoms with van der Waals surface area (Å²) in [6, 6.07) is 31.2. The second-order valence-corrected chi connectivity index (χ2v) is 7.94. The van der Waals surface area contributed by atoms with E-state index in [1.165, 1.54) is 0 Å². The maximum absolute atomic E-state index is 12.9. The first-order valence-electron chi connectivity index (χ1n) is 9.98. The Kier molecular flexibility index (Phi) is 6.63. The van der Waals surface area contributed by atoms with Crippen molar-refractivity contribution in [2.45, 2.75) is 0 Å². The van der Waals surface area contributed by atoms with Crippen molar-refractivity contribution < 1.29 is 9.59 Å². The molecule has 4 rings (SSSR count). The summed E-state index contributed by atoms with van der Waals surface area (Å²) in [5.41, 5.74) is 3.88. The SMILES string of the molecule is O=C(Nc1ccccc1C(=O)Nc1ccc(Nc2ccccc2)cc1)c1ccc(Br)cc1. The molecule has 0 saturated carbocycles. The van der Waals surface area contributed by atoms with Crippen LogP contribution in [0.4, 0.5) is 22.7 Å². The molecule has 0 fully saturated rings. The highest BCUT2D eigenvalue weighted by Crippen LogP contribution is 2.22. The van der Waals surface area contributed by atoms with Gasteiger partial charge in [-0.05, 0) is 72.8 Å². The second-order valence-electron chi connectivity index (χ2n) is 7.03. The summed E-state index contributed by atoms with van der Waals surface area (Å²) in [5, 5.41) is 9.01. The Bertz CT molecular complexity index is 1220. The van der Waals surface area contributed by atoms with E-state index in [-0.39, 0.29) is 11.8 Å². The van der Waals surface area contributed by atoms with Gasteiger partial charge in [0.05, 0.1) is 11.3 Å². The maximum atomic E-state index is 12.9. The zero-order valence-corrected chi connectivity index (χ0v) is 18.6. The number of hydrogen-bond donors (Lipinski definition) is 3. The van der Waals surface area contributed by atoms with Gasteiger partial charge in [0.1, 0.15) is 0 Å². The van der Waals surface area contributed by atoms with Crippen LogP contribution in [-0.2, 0) is 0 Å². The summed E-state index contributed by atoms with van der Waals surface area (Å²) in [7, 11) is 0. The fourth-order valence-electron chi connectivity index (χ4n) is 3.11. The van der Waals surface area contributed by atoms with E-state index in [1.54, 1.807) is 48.5 Å². The van der Waals surface area contributed by atoms with Crippen LogP contribution in [0.25, 0.3) is 0 Å². The fraction of sp³-hybridized carbons (Fsp3) is 0. The van der Waals surface area contributed by atoms with E-state index in [4.69, 9.17) is 0 Å². The van der Waals surface area contributed by atoms with E-state index in [0.717, 1.165) is 15.8 Å². The van der Waals surface area contributed by atoms with Gasteiger partial charge in [-0.15, -0.1) is 0 Å². The molecule has 0 heterocycles. The molecule has 0 aliphatic rings. The lowest BCUT2D eigenvalue weighted by Crippen LogP contribution is -2.18. The van der Waals surface area contributed by atoms with Crippen LogP contribution in [0, 0.1) is 0 Å². The molecule has 0 aromatic heterocycles. The molecule has 158 valence electrons. The molecule has 0 spiro atoms. The van der Waals surface area contributed by atoms with Crippen LogP contribution in [-0.4, -0.2) is 11.8 Å². The standard InChI is InChI=1S/C26H20BrN3O2/c27-19-12-10-18(11-13-19)25(31)30-24-9-5-4-8-23(24)26(32)29-22-16-14-21(15-17-22)28-20-6-2-1-3-7-20/h1-17,28H,(H,29,32)(H,30,31). The van der Waals surface area contributed by atoms with Crippen molar-refractivity contribution >= 4 is 50.5 Å². The Balaban J connectivity index is 1.44. The minimum Gasteiger partial charge on any atom is -0.356 e. The van der Waals surface area contributed by atoms with E-state index in [2.05, 4.69) is 31.9 Å². The summed E-state index contributed by atoms with van der Waals surface area (Å²) in [4.78, 5) is 25.5. The van der Waals surface area contributed by atoms with Gasteiger partial charge in [-0.1, -0.05) is 46.3 Å². The Morgan fingerprint density at radius 2 is 1.16 bits per heavy atom. The number of hydrogen-bond acceptors (Lipinski definition) is 3. The van der Waals surface area contributed by atoms with Crippen molar-refractivity contribution in [3.05, 3.63) is 119 Å². The van der Waals surface area contributed by atoms with E-state index in [0.29, 0.717) is 22.5 Å². The molecule has 32 heavy (non-hydrogen) atoms. The maximum Gasteiger partial charge on any atom is 0.257 e. The van der Waals surface area contributed by atoms with Gasteiger partial charge in [-0.3, -0.25) is 9.59 Å². The normalized spacial score (nSPS) is 10.3. The molecule has 4 aromatic carbocycles. The molecule has 0 aliphatic carbocycles. The van der Waals surface area contributed by atoms with Crippen molar-refractivity contribution in [1.29, 1.82) is 0 Å². The van der Waals surface area contributed by atoms with Crippen LogP contribution in [0.3, 0.4) is 0 Å². The zero-order valence-electron chi connectivity index (χ0n) is 17.0. The largest absolute Gasteiger partial charge is 0.356 e. The molecule has 2 amide bonds. The molecule has 0 unspecified atom stereocenters. The van der Waals surface area contributed by atoms with Gasteiger partial charge in [-0.2, -0.15) is 0 Å². The summed E-state index contributed by atoms with van der Waals surface area (Å²) < 4.78 is 0.888. The zero-order chi connectivity index (χ0) is 22.3. The van der Waals surface area contributed by atoms with Gasteiger partial charge < -0.3 is 16.0 Å². The number of anilines is 4. The summed E-state index contributed by atoms with van der Waals surface area (Å²) >= 11 is 3.36. The first-order valence-corrected chi connectivity index (χ1v) is 10.8. The quantitative estimate of drug-likeness (QED) is 0.284. The third-order valence-corrected chi connectivity index (χ3v) is 5.26. The molecule has 0 atom stereocenters. The first-order chi connectivity index (χ1) is 15.6. The van der Waals surface area contributed by atoms with Crippen LogP contribution in [0.5, 0.6) is 0 Å². The van der Waals surface area contributed by atoms with E-state index in [9.17, 15) is 9.59 Å². The summed E-state index contributed by atoms with van der Waals surface area (Å²) in [6.45, 7) is 0. The second kappa shape index (κ2) is 9.94. The van der Waals surface area contributed by atoms with Crippen molar-refractivity contribution in [3.8, 4) is 0 Å². The smallest absolute Gasteiger partial charge is 0.257 e. The van der Waals surface area contributed by atoms with Crippen molar-refractivity contribution in [1.82, 2.24) is 0 Å². The predicted molar refractivity (Wildman–Crippen MR) is 133 cm³/mol. The average Bonchev–Trinajstić information content (AvgIpc) is 2.82. The Morgan fingerprint density at radius 1 is 0.562 bits per heavy atom. The Morgan fingerprint density at radius 3 is 1.88 bits per heavy atom. The highest BCUT2D eigenvalue weighted by atomic mass is 79.9. The molecule has 0 saturated heterocycles. The van der Waals surface area contributed by atoms with Crippen LogP contribution in [0.2, 0.25) is 0 Å². The molecule has 6 heteroatoms. The van der Waals surface area contributed by atoms with E-state index >= 15 is 0 Å². The minimum atomic E-state index is -0.305. The highest BCUT2D eigenvalue weighted by molar-refractivity contribution is 9.10. The van der Waals surface area contributed by atoms with Crippen LogP contribution in [0.1, 0.15) is 20.7 Å². The molecule has 0 bridgehead atoms. The monoisotopic (exact) mass is 485 g/mol. The third-order valence-electron chi connectivity index (χ3n) is 4.73. The van der Waals surface area contributed by atoms with Crippen molar-refractivity contribution in [2.24, 2.45) is 0 Å². The minimum absolute atomic E-state index is 0.283. The molecular weight excluding hydrogens is 466 g/mol. The Labute approximate surface area is 194 Å². The molecule has 0 aliphatic heterocycles. The lowest BCUT2D eigenvalue weighted by molar-refractivity contribution is 0.102. The number of rotatable bonds is 6. The molecule has 4 aromatic rings. The fourth-order valence-corrected chi connectivity index (χ4v) is 3.37. The third kappa shape index (κ3) is 5.42. The van der Waals surface area contributed by atoms with Gasteiger partial charge in [0.15, 0.2) is 0 Å². The Hall–Kier alpha value is -3.90. The van der Waals surface area contributed by atoms with Gasteiger partial charge in [-0.25, -0.2) is 0 Å². The number of halogens is 1. The van der Waals surface area contributed by atoms with Gasteiger partial charge in [0.25, 0.3) is 11.8 Å². The van der Waals surface area contributed by atoms with Crippen LogP contribution < -0.4 is 16.0 Å². The first kappa shape index (κ1) is 21.3. The number of carbonyl (C=O) groups excluding carboxylic acids is 2. The number of nitrogens with one attached hydrogen (secondary N) is 3. The number of carbonyl (C=O) groups is 2. The summed E-state index contributed by atoms with van der Waals surface area (Å²) in [5.74, 6) is -0.588. The van der Waals surface area contributed by atoms with Crippen molar-refractivity contribution in [3.63, 3.8) is 0 Å². The van der Waals surface area contributed by atoms with Gasteiger partial charge in [0, 0.05) is 27.1 Å². The molecule has 3 N–H and O–H groups in total. The lowest BCUT2D eigenvalue weighted by Gasteiger charge is -2.12. The summed E-state index contributed by atoms with van der Waals surface area (Å²) in [6.07, 6.45) is 0. The van der Waals surface area contributed by atoms with E-state index in [1.807, 2.05) is 54.6 Å². The average molecular weight is 486 g/mol. The van der Waals surface area contributed by atoms with Crippen LogP contribution >= 0.6 is 15.9 Å². The number of para-hydroxylation sites is 2. The highest BCUT2D eigenvalue weighted by Gasteiger charge is 2.14.